The van der Waals surface area contributed by atoms with E-state index in [1.165, 1.54) is 12.3 Å². The van der Waals surface area contributed by atoms with Crippen molar-refractivity contribution in [2.24, 2.45) is 5.73 Å². The van der Waals surface area contributed by atoms with Crippen LogP contribution in [0.4, 0.5) is 0 Å². The molecule has 0 saturated carbocycles. The molecule has 8 nitrogen and oxygen atoms in total. The normalized spacial score (nSPS) is 12.5. The summed E-state index contributed by atoms with van der Waals surface area (Å²) in [6.07, 6.45) is 1.45. The van der Waals surface area contributed by atoms with Crippen molar-refractivity contribution in [1.29, 1.82) is 0 Å². The summed E-state index contributed by atoms with van der Waals surface area (Å²) in [5.41, 5.74) is 6.13. The van der Waals surface area contributed by atoms with Crippen molar-refractivity contribution in [3.05, 3.63) is 36.2 Å². The Balaban J connectivity index is 1.84. The standard InChI is InChI=1S/C16H15N3O5/c17-14(21)8-19-16(22)15-11(20)5-10(7-18-15)9-1-2-12-13(6-9)24-4-3-23-12/h1-2,5-7,20H,3-4,8H2,(H2,17,21)(H,19,22). The summed E-state index contributed by atoms with van der Waals surface area (Å²) in [4.78, 5) is 26.5. The third-order valence-corrected chi connectivity index (χ3v) is 3.38. The maximum atomic E-state index is 11.8. The maximum absolute atomic E-state index is 11.8. The summed E-state index contributed by atoms with van der Waals surface area (Å²) in [6.45, 7) is 0.645. The van der Waals surface area contributed by atoms with Gasteiger partial charge in [0.2, 0.25) is 5.91 Å². The Morgan fingerprint density at radius 3 is 2.62 bits per heavy atom. The number of carbonyl (C=O) groups excluding carboxylic acids is 2. The maximum Gasteiger partial charge on any atom is 0.274 e. The molecule has 24 heavy (non-hydrogen) atoms. The lowest BCUT2D eigenvalue weighted by molar-refractivity contribution is -0.117. The first-order chi connectivity index (χ1) is 11.5. The number of aromatic nitrogens is 1. The fourth-order valence-corrected chi connectivity index (χ4v) is 2.26. The zero-order valence-corrected chi connectivity index (χ0v) is 12.6. The first-order valence-electron chi connectivity index (χ1n) is 7.20. The van der Waals surface area contributed by atoms with Gasteiger partial charge in [0.15, 0.2) is 17.2 Å². The van der Waals surface area contributed by atoms with Crippen LogP contribution in [0.15, 0.2) is 30.5 Å². The van der Waals surface area contributed by atoms with E-state index < -0.39 is 11.8 Å². The first-order valence-corrected chi connectivity index (χ1v) is 7.20. The summed E-state index contributed by atoms with van der Waals surface area (Å²) < 4.78 is 11.0. The second-order valence-electron chi connectivity index (χ2n) is 5.10. The lowest BCUT2D eigenvalue weighted by Gasteiger charge is -2.19. The highest BCUT2D eigenvalue weighted by molar-refractivity contribution is 5.97. The number of nitrogens with two attached hydrogens (primary N) is 1. The fourth-order valence-electron chi connectivity index (χ4n) is 2.26. The molecular formula is C16H15N3O5. The van der Waals surface area contributed by atoms with Gasteiger partial charge in [0, 0.05) is 11.8 Å². The number of aromatic hydroxyl groups is 1. The predicted octanol–water partition coefficient (Wildman–Crippen LogP) is 0.440. The van der Waals surface area contributed by atoms with Crippen LogP contribution in [-0.2, 0) is 4.79 Å². The minimum Gasteiger partial charge on any atom is -0.505 e. The van der Waals surface area contributed by atoms with E-state index >= 15 is 0 Å². The van der Waals surface area contributed by atoms with E-state index in [9.17, 15) is 14.7 Å². The van der Waals surface area contributed by atoms with E-state index in [0.717, 1.165) is 5.56 Å². The number of nitrogens with zero attached hydrogens (tertiary/aromatic N) is 1. The first kappa shape index (κ1) is 15.6. The number of amides is 2. The SMILES string of the molecule is NC(=O)CNC(=O)c1ncc(-c2ccc3c(c2)OCCO3)cc1O. The third-order valence-electron chi connectivity index (χ3n) is 3.38. The average Bonchev–Trinajstić information content (AvgIpc) is 2.59. The number of rotatable bonds is 4. The number of ether oxygens (including phenoxy) is 2. The van der Waals surface area contributed by atoms with E-state index in [2.05, 4.69) is 10.3 Å². The molecule has 4 N–H and O–H groups in total. The molecule has 8 heteroatoms. The van der Waals surface area contributed by atoms with Gasteiger partial charge in [-0.2, -0.15) is 0 Å². The minimum atomic E-state index is -0.685. The van der Waals surface area contributed by atoms with Crippen LogP contribution in [0.5, 0.6) is 17.2 Å². The minimum absolute atomic E-state index is 0.183. The van der Waals surface area contributed by atoms with Gasteiger partial charge in [-0.25, -0.2) is 4.98 Å². The topological polar surface area (TPSA) is 124 Å². The van der Waals surface area contributed by atoms with Crippen molar-refractivity contribution >= 4 is 11.8 Å². The van der Waals surface area contributed by atoms with Gasteiger partial charge in [-0.15, -0.1) is 0 Å². The number of hydrogen-bond acceptors (Lipinski definition) is 6. The molecule has 2 amide bonds. The summed E-state index contributed by atoms with van der Waals surface area (Å²) >= 11 is 0. The van der Waals surface area contributed by atoms with Crippen molar-refractivity contribution in [3.8, 4) is 28.4 Å². The van der Waals surface area contributed by atoms with E-state index in [-0.39, 0.29) is 18.0 Å². The summed E-state index contributed by atoms with van der Waals surface area (Å²) in [5, 5.41) is 12.3. The molecule has 0 saturated heterocycles. The molecule has 0 radical (unpaired) electrons. The molecule has 1 aromatic heterocycles. The molecule has 1 aromatic carbocycles. The molecule has 0 atom stereocenters. The van der Waals surface area contributed by atoms with Gasteiger partial charge in [0.05, 0.1) is 6.54 Å². The highest BCUT2D eigenvalue weighted by Crippen LogP contribution is 2.35. The Bertz CT molecular complexity index is 806. The van der Waals surface area contributed by atoms with Crippen LogP contribution in [0.3, 0.4) is 0 Å². The summed E-state index contributed by atoms with van der Waals surface area (Å²) in [6, 6.07) is 6.76. The lowest BCUT2D eigenvalue weighted by atomic mass is 10.1. The van der Waals surface area contributed by atoms with Gasteiger partial charge in [0.1, 0.15) is 19.0 Å². The van der Waals surface area contributed by atoms with Gasteiger partial charge >= 0.3 is 0 Å². The highest BCUT2D eigenvalue weighted by Gasteiger charge is 2.16. The Labute approximate surface area is 137 Å². The summed E-state index contributed by atoms with van der Waals surface area (Å²) in [7, 11) is 0. The quantitative estimate of drug-likeness (QED) is 0.748. The smallest absolute Gasteiger partial charge is 0.274 e. The summed E-state index contributed by atoms with van der Waals surface area (Å²) in [5.74, 6) is -0.397. The van der Waals surface area contributed by atoms with Gasteiger partial charge in [-0.05, 0) is 23.8 Å². The van der Waals surface area contributed by atoms with Crippen LogP contribution in [0.1, 0.15) is 10.5 Å². The molecule has 124 valence electrons. The van der Waals surface area contributed by atoms with Crippen molar-refractivity contribution in [3.63, 3.8) is 0 Å². The molecule has 2 aromatic rings. The Hall–Kier alpha value is -3.29. The van der Waals surface area contributed by atoms with Crippen LogP contribution in [0.25, 0.3) is 11.1 Å². The number of carbonyl (C=O) groups is 2. The van der Waals surface area contributed by atoms with Gasteiger partial charge in [-0.1, -0.05) is 6.07 Å². The van der Waals surface area contributed by atoms with Crippen molar-refractivity contribution in [1.82, 2.24) is 10.3 Å². The molecule has 0 aliphatic carbocycles. The lowest BCUT2D eigenvalue weighted by Crippen LogP contribution is -2.33. The van der Waals surface area contributed by atoms with Crippen molar-refractivity contribution in [2.75, 3.05) is 19.8 Å². The largest absolute Gasteiger partial charge is 0.505 e. The molecule has 0 unspecified atom stereocenters. The number of fused-ring (bicyclic) bond motifs is 1. The monoisotopic (exact) mass is 329 g/mol. The Morgan fingerprint density at radius 2 is 1.92 bits per heavy atom. The second-order valence-corrected chi connectivity index (χ2v) is 5.10. The highest BCUT2D eigenvalue weighted by atomic mass is 16.6. The van der Waals surface area contributed by atoms with Crippen LogP contribution in [-0.4, -0.2) is 41.7 Å². The van der Waals surface area contributed by atoms with Gasteiger partial charge < -0.3 is 25.6 Å². The van der Waals surface area contributed by atoms with E-state index in [4.69, 9.17) is 15.2 Å². The molecular weight excluding hydrogens is 314 g/mol. The second kappa shape index (κ2) is 6.45. The van der Waals surface area contributed by atoms with Crippen LogP contribution >= 0.6 is 0 Å². The average molecular weight is 329 g/mol. The molecule has 1 aliphatic rings. The zero-order chi connectivity index (χ0) is 17.1. The van der Waals surface area contributed by atoms with Crippen molar-refractivity contribution in [2.45, 2.75) is 0 Å². The molecule has 0 bridgehead atoms. The van der Waals surface area contributed by atoms with Crippen molar-refractivity contribution < 1.29 is 24.2 Å². The molecule has 2 heterocycles. The van der Waals surface area contributed by atoms with E-state index in [1.54, 1.807) is 18.2 Å². The van der Waals surface area contributed by atoms with E-state index in [0.29, 0.717) is 30.3 Å². The number of primary amides is 1. The van der Waals surface area contributed by atoms with Gasteiger partial charge in [0.25, 0.3) is 5.91 Å². The van der Waals surface area contributed by atoms with Gasteiger partial charge in [-0.3, -0.25) is 9.59 Å². The predicted molar refractivity (Wildman–Crippen MR) is 83.9 cm³/mol. The number of nitrogens with one attached hydrogen (secondary N) is 1. The Kier molecular flexibility index (Phi) is 4.19. The number of pyridine rings is 1. The fraction of sp³-hybridized carbons (Fsp3) is 0.188. The van der Waals surface area contributed by atoms with Crippen LogP contribution < -0.4 is 20.5 Å². The number of benzene rings is 1. The zero-order valence-electron chi connectivity index (χ0n) is 12.6. The molecule has 3 rings (SSSR count). The molecule has 1 aliphatic heterocycles. The van der Waals surface area contributed by atoms with Crippen LogP contribution in [0, 0.1) is 0 Å². The Morgan fingerprint density at radius 1 is 1.17 bits per heavy atom. The molecule has 0 spiro atoms. The van der Waals surface area contributed by atoms with Crippen LogP contribution in [0.2, 0.25) is 0 Å². The number of hydrogen-bond donors (Lipinski definition) is 3. The molecule has 0 fully saturated rings. The van der Waals surface area contributed by atoms with E-state index in [1.807, 2.05) is 0 Å². The third kappa shape index (κ3) is 3.22.